The molecule has 0 saturated heterocycles. The summed E-state index contributed by atoms with van der Waals surface area (Å²) < 4.78 is 0. The maximum atomic E-state index is 11.1. The van der Waals surface area contributed by atoms with Crippen molar-refractivity contribution in [3.63, 3.8) is 0 Å². The third kappa shape index (κ3) is 2.36. The second-order valence-electron chi connectivity index (χ2n) is 4.87. The SMILES string of the molecule is O=C(O)c1cc(Cl)cc(-c2ccc3c(c2)CCC3)c1. The largest absolute Gasteiger partial charge is 0.478 e. The number of aromatic carboxylic acids is 1. The third-order valence-electron chi connectivity index (χ3n) is 3.58. The van der Waals surface area contributed by atoms with E-state index in [9.17, 15) is 4.79 Å². The van der Waals surface area contributed by atoms with Crippen LogP contribution in [0, 0.1) is 0 Å². The van der Waals surface area contributed by atoms with Crippen LogP contribution in [0.5, 0.6) is 0 Å². The number of fused-ring (bicyclic) bond motifs is 1. The predicted molar refractivity (Wildman–Crippen MR) is 75.9 cm³/mol. The maximum Gasteiger partial charge on any atom is 0.335 e. The summed E-state index contributed by atoms with van der Waals surface area (Å²) in [5.41, 5.74) is 4.90. The van der Waals surface area contributed by atoms with Crippen LogP contribution in [0.4, 0.5) is 0 Å². The van der Waals surface area contributed by atoms with Crippen LogP contribution in [-0.2, 0) is 12.8 Å². The molecule has 2 aromatic rings. The van der Waals surface area contributed by atoms with Crippen LogP contribution in [0.1, 0.15) is 27.9 Å². The van der Waals surface area contributed by atoms with E-state index < -0.39 is 5.97 Å². The molecule has 0 aliphatic heterocycles. The van der Waals surface area contributed by atoms with E-state index in [4.69, 9.17) is 16.7 Å². The average molecular weight is 273 g/mol. The highest BCUT2D eigenvalue weighted by Crippen LogP contribution is 2.30. The second-order valence-corrected chi connectivity index (χ2v) is 5.31. The Morgan fingerprint density at radius 3 is 2.58 bits per heavy atom. The van der Waals surface area contributed by atoms with Crippen LogP contribution in [0.2, 0.25) is 5.02 Å². The molecule has 2 aromatic carbocycles. The lowest BCUT2D eigenvalue weighted by atomic mass is 9.99. The van der Waals surface area contributed by atoms with E-state index in [1.54, 1.807) is 6.07 Å². The van der Waals surface area contributed by atoms with Gasteiger partial charge in [0, 0.05) is 5.02 Å². The quantitative estimate of drug-likeness (QED) is 0.890. The van der Waals surface area contributed by atoms with Gasteiger partial charge >= 0.3 is 5.97 Å². The van der Waals surface area contributed by atoms with E-state index >= 15 is 0 Å². The third-order valence-corrected chi connectivity index (χ3v) is 3.79. The molecule has 0 saturated carbocycles. The molecule has 1 N–H and O–H groups in total. The Labute approximate surface area is 116 Å². The number of rotatable bonds is 2. The predicted octanol–water partition coefficient (Wildman–Crippen LogP) is 4.19. The molecule has 0 aromatic heterocycles. The van der Waals surface area contributed by atoms with Crippen molar-refractivity contribution in [1.82, 2.24) is 0 Å². The van der Waals surface area contributed by atoms with E-state index in [1.807, 2.05) is 12.1 Å². The second kappa shape index (κ2) is 4.71. The van der Waals surface area contributed by atoms with Gasteiger partial charge in [0.15, 0.2) is 0 Å². The zero-order valence-corrected chi connectivity index (χ0v) is 11.1. The van der Waals surface area contributed by atoms with Crippen LogP contribution >= 0.6 is 11.6 Å². The monoisotopic (exact) mass is 272 g/mol. The van der Waals surface area contributed by atoms with Gasteiger partial charge < -0.3 is 5.11 Å². The Kier molecular flexibility index (Phi) is 3.03. The fraction of sp³-hybridized carbons (Fsp3) is 0.188. The maximum absolute atomic E-state index is 11.1. The molecule has 0 radical (unpaired) electrons. The topological polar surface area (TPSA) is 37.3 Å². The Balaban J connectivity index is 2.09. The fourth-order valence-electron chi connectivity index (χ4n) is 2.63. The summed E-state index contributed by atoms with van der Waals surface area (Å²) in [4.78, 5) is 11.1. The number of aryl methyl sites for hydroxylation is 2. The number of hydrogen-bond donors (Lipinski definition) is 1. The molecule has 1 aliphatic rings. The van der Waals surface area contributed by atoms with Gasteiger partial charge in [-0.05, 0) is 59.7 Å². The number of halogens is 1. The van der Waals surface area contributed by atoms with Crippen molar-refractivity contribution < 1.29 is 9.90 Å². The minimum Gasteiger partial charge on any atom is -0.478 e. The molecule has 19 heavy (non-hydrogen) atoms. The van der Waals surface area contributed by atoms with Crippen molar-refractivity contribution in [2.75, 3.05) is 0 Å². The van der Waals surface area contributed by atoms with Crippen molar-refractivity contribution >= 4 is 17.6 Å². The van der Waals surface area contributed by atoms with Crippen molar-refractivity contribution in [1.29, 1.82) is 0 Å². The van der Waals surface area contributed by atoms with Crippen molar-refractivity contribution in [3.8, 4) is 11.1 Å². The zero-order chi connectivity index (χ0) is 13.4. The normalized spacial score (nSPS) is 13.3. The zero-order valence-electron chi connectivity index (χ0n) is 10.3. The van der Waals surface area contributed by atoms with Gasteiger partial charge in [-0.1, -0.05) is 29.8 Å². The highest BCUT2D eigenvalue weighted by Gasteiger charge is 2.13. The van der Waals surface area contributed by atoms with E-state index in [0.29, 0.717) is 5.02 Å². The molecule has 3 heteroatoms. The minimum absolute atomic E-state index is 0.225. The Morgan fingerprint density at radius 1 is 1.00 bits per heavy atom. The lowest BCUT2D eigenvalue weighted by Gasteiger charge is -2.07. The number of carboxylic acids is 1. The van der Waals surface area contributed by atoms with Crippen molar-refractivity contribution in [2.24, 2.45) is 0 Å². The Morgan fingerprint density at radius 2 is 1.79 bits per heavy atom. The molecule has 1 aliphatic carbocycles. The first-order valence-electron chi connectivity index (χ1n) is 6.29. The fourth-order valence-corrected chi connectivity index (χ4v) is 2.87. The van der Waals surface area contributed by atoms with Gasteiger partial charge in [0.2, 0.25) is 0 Å². The standard InChI is InChI=1S/C16H13ClO2/c17-15-8-13(7-14(9-15)16(18)19)12-5-4-10-2-1-3-11(10)6-12/h4-9H,1-3H2,(H,18,19). The smallest absolute Gasteiger partial charge is 0.335 e. The first-order chi connectivity index (χ1) is 9.13. The highest BCUT2D eigenvalue weighted by atomic mass is 35.5. The first-order valence-corrected chi connectivity index (χ1v) is 6.67. The molecule has 0 unspecified atom stereocenters. The van der Waals surface area contributed by atoms with Gasteiger partial charge in [-0.2, -0.15) is 0 Å². The highest BCUT2D eigenvalue weighted by molar-refractivity contribution is 6.31. The number of carbonyl (C=O) groups is 1. The first kappa shape index (κ1) is 12.2. The number of carboxylic acid groups (broad SMARTS) is 1. The number of hydrogen-bond acceptors (Lipinski definition) is 1. The van der Waals surface area contributed by atoms with Gasteiger partial charge in [-0.15, -0.1) is 0 Å². The van der Waals surface area contributed by atoms with Crippen LogP contribution in [-0.4, -0.2) is 11.1 Å². The molecule has 0 heterocycles. The summed E-state index contributed by atoms with van der Waals surface area (Å²) in [5.74, 6) is -0.954. The summed E-state index contributed by atoms with van der Waals surface area (Å²) in [6.07, 6.45) is 3.45. The molecule has 3 rings (SSSR count). The summed E-state index contributed by atoms with van der Waals surface area (Å²) in [5, 5.41) is 9.53. The average Bonchev–Trinajstić information content (AvgIpc) is 2.85. The molecular weight excluding hydrogens is 260 g/mol. The van der Waals surface area contributed by atoms with Gasteiger partial charge in [-0.25, -0.2) is 4.79 Å². The van der Waals surface area contributed by atoms with E-state index in [1.165, 1.54) is 23.6 Å². The lowest BCUT2D eigenvalue weighted by Crippen LogP contribution is -1.96. The summed E-state index contributed by atoms with van der Waals surface area (Å²) in [6.45, 7) is 0. The van der Waals surface area contributed by atoms with Crippen LogP contribution in [0.3, 0.4) is 0 Å². The van der Waals surface area contributed by atoms with Gasteiger partial charge in [0.25, 0.3) is 0 Å². The lowest BCUT2D eigenvalue weighted by molar-refractivity contribution is 0.0697. The van der Waals surface area contributed by atoms with Crippen molar-refractivity contribution in [2.45, 2.75) is 19.3 Å². The van der Waals surface area contributed by atoms with Gasteiger partial charge in [0.05, 0.1) is 5.56 Å². The molecule has 0 spiro atoms. The summed E-state index contributed by atoms with van der Waals surface area (Å²) in [6, 6.07) is 11.3. The molecule has 0 atom stereocenters. The molecule has 96 valence electrons. The molecule has 2 nitrogen and oxygen atoms in total. The van der Waals surface area contributed by atoms with E-state index in [-0.39, 0.29) is 5.56 Å². The van der Waals surface area contributed by atoms with Gasteiger partial charge in [0.1, 0.15) is 0 Å². The van der Waals surface area contributed by atoms with E-state index in [2.05, 4.69) is 12.1 Å². The van der Waals surface area contributed by atoms with Crippen molar-refractivity contribution in [3.05, 3.63) is 58.1 Å². The summed E-state index contributed by atoms with van der Waals surface area (Å²) >= 11 is 6.00. The Hall–Kier alpha value is -1.80. The number of benzene rings is 2. The van der Waals surface area contributed by atoms with Crippen LogP contribution in [0.15, 0.2) is 36.4 Å². The van der Waals surface area contributed by atoms with Crippen LogP contribution < -0.4 is 0 Å². The summed E-state index contributed by atoms with van der Waals surface area (Å²) in [7, 11) is 0. The molecule has 0 fully saturated rings. The Bertz CT molecular complexity index is 662. The van der Waals surface area contributed by atoms with E-state index in [0.717, 1.165) is 24.0 Å². The minimum atomic E-state index is -0.954. The van der Waals surface area contributed by atoms with Gasteiger partial charge in [-0.3, -0.25) is 0 Å². The molecular formula is C16H13ClO2. The molecule has 0 amide bonds. The molecule has 0 bridgehead atoms. The van der Waals surface area contributed by atoms with Crippen LogP contribution in [0.25, 0.3) is 11.1 Å².